The highest BCUT2D eigenvalue weighted by atomic mass is 19.1. The van der Waals surface area contributed by atoms with Crippen molar-refractivity contribution in [3.63, 3.8) is 0 Å². The average molecular weight is 505 g/mol. The van der Waals surface area contributed by atoms with Crippen molar-refractivity contribution in [1.29, 1.82) is 0 Å². The lowest BCUT2D eigenvalue weighted by Gasteiger charge is -2.23. The molecule has 0 amide bonds. The summed E-state index contributed by atoms with van der Waals surface area (Å²) in [5.74, 6) is 1.15. The summed E-state index contributed by atoms with van der Waals surface area (Å²) in [5.41, 5.74) is 6.65. The lowest BCUT2D eigenvalue weighted by Crippen LogP contribution is -2.19. The minimum atomic E-state index is -0.288. The molecule has 7 nitrogen and oxygen atoms in total. The normalized spacial score (nSPS) is 14.3. The number of aromatic nitrogens is 6. The smallest absolute Gasteiger partial charge is 0.159 e. The molecule has 2 aromatic carbocycles. The SMILES string of the molecule is Fc1ccc(-c2nccc3[nH]c(-c4n[nH]c5ccc(-c6cncc(OC7CCCCC7)c6)cc45)nc23)cc1. The van der Waals surface area contributed by atoms with E-state index in [-0.39, 0.29) is 11.9 Å². The molecule has 6 aromatic rings. The first kappa shape index (κ1) is 22.6. The second-order valence-corrected chi connectivity index (χ2v) is 9.77. The average Bonchev–Trinajstić information content (AvgIpc) is 3.58. The Kier molecular flexibility index (Phi) is 5.57. The van der Waals surface area contributed by atoms with Crippen molar-refractivity contribution in [3.8, 4) is 39.7 Å². The molecular formula is C30H25FN6O. The van der Waals surface area contributed by atoms with Gasteiger partial charge in [0, 0.05) is 28.9 Å². The molecule has 2 N–H and O–H groups in total. The van der Waals surface area contributed by atoms with Crippen LogP contribution in [0.25, 0.3) is 55.8 Å². The fraction of sp³-hybridized carbons (Fsp3) is 0.200. The van der Waals surface area contributed by atoms with Gasteiger partial charge in [-0.1, -0.05) is 12.5 Å². The van der Waals surface area contributed by atoms with Gasteiger partial charge < -0.3 is 9.72 Å². The third-order valence-corrected chi connectivity index (χ3v) is 7.21. The summed E-state index contributed by atoms with van der Waals surface area (Å²) in [6, 6.07) is 16.4. The fourth-order valence-corrected chi connectivity index (χ4v) is 5.26. The molecule has 7 rings (SSSR count). The summed E-state index contributed by atoms with van der Waals surface area (Å²) >= 11 is 0. The van der Waals surface area contributed by atoms with Crippen molar-refractivity contribution in [2.45, 2.75) is 38.2 Å². The van der Waals surface area contributed by atoms with Gasteiger partial charge in [-0.25, -0.2) is 9.37 Å². The second kappa shape index (κ2) is 9.37. The number of benzene rings is 2. The third kappa shape index (κ3) is 4.18. The van der Waals surface area contributed by atoms with Gasteiger partial charge in [0.1, 0.15) is 22.8 Å². The summed E-state index contributed by atoms with van der Waals surface area (Å²) in [7, 11) is 0. The van der Waals surface area contributed by atoms with Crippen LogP contribution in [0.1, 0.15) is 32.1 Å². The zero-order valence-electron chi connectivity index (χ0n) is 20.6. The number of pyridine rings is 2. The molecule has 4 heterocycles. The van der Waals surface area contributed by atoms with Gasteiger partial charge in [-0.05, 0) is 79.8 Å². The Bertz CT molecular complexity index is 1750. The molecule has 38 heavy (non-hydrogen) atoms. The minimum absolute atomic E-state index is 0.270. The van der Waals surface area contributed by atoms with E-state index in [2.05, 4.69) is 43.3 Å². The molecule has 1 fully saturated rings. The van der Waals surface area contributed by atoms with Crippen molar-refractivity contribution >= 4 is 21.9 Å². The molecule has 0 saturated heterocycles. The Morgan fingerprint density at radius 1 is 0.816 bits per heavy atom. The molecule has 0 unspecified atom stereocenters. The number of H-pyrrole nitrogens is 2. The first-order chi connectivity index (χ1) is 18.7. The van der Waals surface area contributed by atoms with Crippen molar-refractivity contribution in [1.82, 2.24) is 30.1 Å². The molecule has 0 spiro atoms. The van der Waals surface area contributed by atoms with E-state index >= 15 is 0 Å². The number of hydrogen-bond acceptors (Lipinski definition) is 5. The van der Waals surface area contributed by atoms with Crippen LogP contribution in [-0.4, -0.2) is 36.2 Å². The molecule has 4 aromatic heterocycles. The van der Waals surface area contributed by atoms with E-state index in [1.54, 1.807) is 24.5 Å². The van der Waals surface area contributed by atoms with Crippen LogP contribution in [0.2, 0.25) is 0 Å². The van der Waals surface area contributed by atoms with E-state index in [0.717, 1.165) is 51.7 Å². The molecular weight excluding hydrogens is 479 g/mol. The molecule has 188 valence electrons. The highest BCUT2D eigenvalue weighted by Gasteiger charge is 2.18. The van der Waals surface area contributed by atoms with Gasteiger partial charge in [-0.15, -0.1) is 0 Å². The number of halogens is 1. The predicted molar refractivity (Wildman–Crippen MR) is 145 cm³/mol. The summed E-state index contributed by atoms with van der Waals surface area (Å²) in [4.78, 5) is 17.2. The Labute approximate surface area is 218 Å². The maximum Gasteiger partial charge on any atom is 0.159 e. The van der Waals surface area contributed by atoms with E-state index < -0.39 is 0 Å². The van der Waals surface area contributed by atoms with Crippen LogP contribution in [0.5, 0.6) is 5.75 Å². The number of aromatic amines is 2. The molecule has 0 radical (unpaired) electrons. The molecule has 1 saturated carbocycles. The number of nitrogens with one attached hydrogen (secondary N) is 2. The number of imidazole rings is 1. The standard InChI is InChI=1S/C30H25FN6O/c31-21-9-6-18(7-10-21)27-29-26(12-13-33-27)34-30(35-29)28-24-15-19(8-11-25(24)36-37-28)20-14-23(17-32-16-20)38-22-4-2-1-3-5-22/h6-17,22H,1-5H2,(H,34,35)(H,36,37). The zero-order valence-corrected chi connectivity index (χ0v) is 20.6. The highest BCUT2D eigenvalue weighted by Crippen LogP contribution is 2.33. The van der Waals surface area contributed by atoms with Crippen LogP contribution in [0.3, 0.4) is 0 Å². The van der Waals surface area contributed by atoms with Gasteiger partial charge in [-0.2, -0.15) is 5.10 Å². The quantitative estimate of drug-likeness (QED) is 0.262. The Hall–Kier alpha value is -4.59. The summed E-state index contributed by atoms with van der Waals surface area (Å²) in [5, 5.41) is 8.64. The molecule has 0 aliphatic heterocycles. The predicted octanol–water partition coefficient (Wildman–Crippen LogP) is 7.08. The number of ether oxygens (including phenoxy) is 1. The van der Waals surface area contributed by atoms with Gasteiger partial charge >= 0.3 is 0 Å². The largest absolute Gasteiger partial charge is 0.489 e. The van der Waals surface area contributed by atoms with Crippen molar-refractivity contribution in [3.05, 3.63) is 79.0 Å². The molecule has 1 aliphatic rings. The second-order valence-electron chi connectivity index (χ2n) is 9.77. The van der Waals surface area contributed by atoms with Crippen LogP contribution < -0.4 is 4.74 Å². The highest BCUT2D eigenvalue weighted by molar-refractivity contribution is 5.97. The van der Waals surface area contributed by atoms with Gasteiger partial charge in [0.05, 0.1) is 29.0 Å². The van der Waals surface area contributed by atoms with Crippen LogP contribution in [-0.2, 0) is 0 Å². The number of fused-ring (bicyclic) bond motifs is 2. The summed E-state index contributed by atoms with van der Waals surface area (Å²) < 4.78 is 19.7. The Morgan fingerprint density at radius 3 is 2.53 bits per heavy atom. The molecule has 8 heteroatoms. The van der Waals surface area contributed by atoms with E-state index in [4.69, 9.17) is 9.72 Å². The van der Waals surface area contributed by atoms with E-state index in [9.17, 15) is 4.39 Å². The van der Waals surface area contributed by atoms with Crippen molar-refractivity contribution < 1.29 is 9.13 Å². The first-order valence-electron chi connectivity index (χ1n) is 12.9. The van der Waals surface area contributed by atoms with Crippen molar-refractivity contribution in [2.75, 3.05) is 0 Å². The lowest BCUT2D eigenvalue weighted by atomic mass is 9.98. The molecule has 0 atom stereocenters. The van der Waals surface area contributed by atoms with E-state index in [1.165, 1.54) is 31.4 Å². The molecule has 0 bridgehead atoms. The molecule has 1 aliphatic carbocycles. The number of hydrogen-bond donors (Lipinski definition) is 2. The Morgan fingerprint density at radius 2 is 1.66 bits per heavy atom. The maximum absolute atomic E-state index is 13.5. The number of nitrogens with zero attached hydrogens (tertiary/aromatic N) is 4. The summed E-state index contributed by atoms with van der Waals surface area (Å²) in [6.45, 7) is 0. The first-order valence-corrected chi connectivity index (χ1v) is 12.9. The summed E-state index contributed by atoms with van der Waals surface area (Å²) in [6.07, 6.45) is 11.6. The van der Waals surface area contributed by atoms with Crippen LogP contribution >= 0.6 is 0 Å². The fourth-order valence-electron chi connectivity index (χ4n) is 5.26. The zero-order chi connectivity index (χ0) is 25.5. The van der Waals surface area contributed by atoms with E-state index in [0.29, 0.717) is 22.7 Å². The van der Waals surface area contributed by atoms with Crippen LogP contribution in [0.4, 0.5) is 4.39 Å². The topological polar surface area (TPSA) is 92.4 Å². The van der Waals surface area contributed by atoms with Gasteiger partial charge in [-0.3, -0.25) is 15.1 Å². The number of rotatable bonds is 5. The monoisotopic (exact) mass is 504 g/mol. The van der Waals surface area contributed by atoms with Gasteiger partial charge in [0.15, 0.2) is 5.82 Å². The third-order valence-electron chi connectivity index (χ3n) is 7.21. The van der Waals surface area contributed by atoms with E-state index in [1.807, 2.05) is 18.3 Å². The van der Waals surface area contributed by atoms with Gasteiger partial charge in [0.25, 0.3) is 0 Å². The minimum Gasteiger partial charge on any atom is -0.489 e. The van der Waals surface area contributed by atoms with Crippen LogP contribution in [0, 0.1) is 5.82 Å². The Balaban J connectivity index is 1.25. The van der Waals surface area contributed by atoms with Gasteiger partial charge in [0.2, 0.25) is 0 Å². The van der Waals surface area contributed by atoms with Crippen molar-refractivity contribution in [2.24, 2.45) is 0 Å². The van der Waals surface area contributed by atoms with Crippen LogP contribution in [0.15, 0.2) is 73.2 Å². The lowest BCUT2D eigenvalue weighted by molar-refractivity contribution is 0.154. The maximum atomic E-state index is 13.5.